The van der Waals surface area contributed by atoms with Crippen LogP contribution in [0.2, 0.25) is 0 Å². The Morgan fingerprint density at radius 2 is 1.76 bits per heavy atom. The second kappa shape index (κ2) is 9.30. The van der Waals surface area contributed by atoms with E-state index in [-0.39, 0.29) is 12.4 Å². The Bertz CT molecular complexity index is 717. The van der Waals surface area contributed by atoms with Crippen molar-refractivity contribution in [1.82, 2.24) is 5.32 Å². The number of ether oxygens (including phenoxy) is 3. The largest absolute Gasteiger partial charge is 0.497 e. The Morgan fingerprint density at radius 3 is 2.40 bits per heavy atom. The van der Waals surface area contributed by atoms with Crippen LogP contribution in [0, 0.1) is 0 Å². The van der Waals surface area contributed by atoms with E-state index >= 15 is 0 Å². The molecule has 5 nitrogen and oxygen atoms in total. The number of methoxy groups -OCH3 is 2. The number of nitrogens with one attached hydrogen (secondary N) is 1. The van der Waals surface area contributed by atoms with Gasteiger partial charge in [-0.25, -0.2) is 0 Å². The fourth-order valence-corrected chi connectivity index (χ4v) is 2.62. The molecule has 2 aromatic rings. The Morgan fingerprint density at radius 1 is 1.00 bits per heavy atom. The summed E-state index contributed by atoms with van der Waals surface area (Å²) in [5.74, 6) is 2.55. The van der Waals surface area contributed by atoms with Crippen molar-refractivity contribution in [2.24, 2.45) is 4.99 Å². The first kappa shape index (κ1) is 19.1. The highest BCUT2D eigenvalue weighted by atomic mass is 35.5. The highest BCUT2D eigenvalue weighted by Crippen LogP contribution is 2.28. The van der Waals surface area contributed by atoms with Crippen LogP contribution in [0.1, 0.15) is 5.56 Å². The summed E-state index contributed by atoms with van der Waals surface area (Å²) in [4.78, 5) is 4.53. The summed E-state index contributed by atoms with van der Waals surface area (Å²) in [5, 5.41) is 3.32. The zero-order chi connectivity index (χ0) is 16.8. The maximum absolute atomic E-state index is 5.85. The van der Waals surface area contributed by atoms with Gasteiger partial charge in [0, 0.05) is 13.7 Å². The molecule has 1 heterocycles. The minimum Gasteiger partial charge on any atom is -0.497 e. The van der Waals surface area contributed by atoms with Crippen LogP contribution in [0.15, 0.2) is 47.5 Å². The minimum absolute atomic E-state index is 0. The average Bonchev–Trinajstić information content (AvgIpc) is 3.17. The molecule has 0 aromatic heterocycles. The number of amidine groups is 1. The van der Waals surface area contributed by atoms with Crippen LogP contribution >= 0.6 is 12.4 Å². The molecule has 0 saturated heterocycles. The lowest BCUT2D eigenvalue weighted by atomic mass is 10.0. The van der Waals surface area contributed by atoms with Gasteiger partial charge in [-0.05, 0) is 35.4 Å². The molecule has 1 aliphatic rings. The molecule has 1 N–H and O–H groups in total. The van der Waals surface area contributed by atoms with Gasteiger partial charge in [-0.1, -0.05) is 18.2 Å². The molecular formula is C19H23ClN2O3. The lowest BCUT2D eigenvalue weighted by Gasteiger charge is -2.14. The smallest absolute Gasteiger partial charge is 0.132 e. The van der Waals surface area contributed by atoms with Crippen LogP contribution in [0.5, 0.6) is 11.5 Å². The van der Waals surface area contributed by atoms with Crippen LogP contribution in [0.3, 0.4) is 0 Å². The van der Waals surface area contributed by atoms with Crippen molar-refractivity contribution < 1.29 is 14.2 Å². The summed E-state index contributed by atoms with van der Waals surface area (Å²) < 4.78 is 16.1. The lowest BCUT2D eigenvalue weighted by molar-refractivity contribution is 0.146. The first-order chi connectivity index (χ1) is 11.8. The van der Waals surface area contributed by atoms with Crippen molar-refractivity contribution in [3.8, 4) is 22.6 Å². The molecular weight excluding hydrogens is 340 g/mol. The van der Waals surface area contributed by atoms with Crippen molar-refractivity contribution >= 4 is 18.2 Å². The predicted molar refractivity (Wildman–Crippen MR) is 102 cm³/mol. The van der Waals surface area contributed by atoms with Gasteiger partial charge in [0.2, 0.25) is 0 Å². The van der Waals surface area contributed by atoms with Gasteiger partial charge < -0.3 is 19.5 Å². The van der Waals surface area contributed by atoms with Crippen molar-refractivity contribution in [2.45, 2.75) is 0 Å². The minimum atomic E-state index is 0. The van der Waals surface area contributed by atoms with E-state index in [1.807, 2.05) is 30.3 Å². The van der Waals surface area contributed by atoms with Crippen molar-refractivity contribution in [1.29, 1.82) is 0 Å². The second-order valence-corrected chi connectivity index (χ2v) is 5.44. The molecule has 0 bridgehead atoms. The molecule has 0 aliphatic carbocycles. The SMILES string of the molecule is COCCOc1ccc(-c2ccc(OC)cc2)cc1C1=NCCN1.Cl. The van der Waals surface area contributed by atoms with E-state index in [9.17, 15) is 0 Å². The quantitative estimate of drug-likeness (QED) is 0.769. The molecule has 134 valence electrons. The topological polar surface area (TPSA) is 52.1 Å². The maximum atomic E-state index is 5.85. The van der Waals surface area contributed by atoms with Crippen LogP contribution in [0.25, 0.3) is 11.1 Å². The van der Waals surface area contributed by atoms with Crippen molar-refractivity contribution in [3.63, 3.8) is 0 Å². The highest BCUT2D eigenvalue weighted by Gasteiger charge is 2.15. The van der Waals surface area contributed by atoms with E-state index in [0.717, 1.165) is 47.1 Å². The van der Waals surface area contributed by atoms with E-state index < -0.39 is 0 Å². The van der Waals surface area contributed by atoms with Crippen LogP contribution in [-0.2, 0) is 4.74 Å². The zero-order valence-electron chi connectivity index (χ0n) is 14.5. The Labute approximate surface area is 154 Å². The molecule has 6 heteroatoms. The van der Waals surface area contributed by atoms with E-state index in [4.69, 9.17) is 14.2 Å². The molecule has 0 radical (unpaired) electrons. The van der Waals surface area contributed by atoms with Crippen LogP contribution < -0.4 is 14.8 Å². The van der Waals surface area contributed by atoms with E-state index in [0.29, 0.717) is 13.2 Å². The molecule has 3 rings (SSSR count). The van der Waals surface area contributed by atoms with E-state index in [1.165, 1.54) is 0 Å². The zero-order valence-corrected chi connectivity index (χ0v) is 15.3. The van der Waals surface area contributed by atoms with E-state index in [1.54, 1.807) is 14.2 Å². The molecule has 0 amide bonds. The number of rotatable bonds is 7. The third kappa shape index (κ3) is 4.65. The highest BCUT2D eigenvalue weighted by molar-refractivity contribution is 6.03. The van der Waals surface area contributed by atoms with Crippen molar-refractivity contribution in [2.75, 3.05) is 40.5 Å². The third-order valence-corrected chi connectivity index (χ3v) is 3.88. The Kier molecular flexibility index (Phi) is 7.10. The van der Waals surface area contributed by atoms with Gasteiger partial charge in [0.05, 0.1) is 25.8 Å². The van der Waals surface area contributed by atoms with Crippen LogP contribution in [-0.4, -0.2) is 46.4 Å². The number of nitrogens with zero attached hydrogens (tertiary/aromatic N) is 1. The van der Waals surface area contributed by atoms with Crippen molar-refractivity contribution in [3.05, 3.63) is 48.0 Å². The molecule has 0 saturated carbocycles. The number of benzene rings is 2. The normalized spacial score (nSPS) is 12.8. The first-order valence-corrected chi connectivity index (χ1v) is 8.00. The fourth-order valence-electron chi connectivity index (χ4n) is 2.62. The number of hydrogen-bond acceptors (Lipinski definition) is 5. The molecule has 2 aromatic carbocycles. The van der Waals surface area contributed by atoms with E-state index in [2.05, 4.69) is 22.4 Å². The summed E-state index contributed by atoms with van der Waals surface area (Å²) in [7, 11) is 3.34. The summed E-state index contributed by atoms with van der Waals surface area (Å²) in [6.07, 6.45) is 0. The Hall–Kier alpha value is -2.24. The molecule has 0 atom stereocenters. The Balaban J connectivity index is 0.00000225. The molecule has 25 heavy (non-hydrogen) atoms. The van der Waals surface area contributed by atoms with Gasteiger partial charge >= 0.3 is 0 Å². The summed E-state index contributed by atoms with van der Waals surface area (Å²) in [5.41, 5.74) is 3.22. The summed E-state index contributed by atoms with van der Waals surface area (Å²) >= 11 is 0. The molecule has 1 aliphatic heterocycles. The van der Waals surface area contributed by atoms with Gasteiger partial charge in [0.15, 0.2) is 0 Å². The standard InChI is InChI=1S/C19H22N2O3.ClH/c1-22-11-12-24-18-8-5-15(13-17(18)19-20-9-10-21-19)14-3-6-16(23-2)7-4-14;/h3-8,13H,9-12H2,1-2H3,(H,20,21);1H. The molecule has 0 spiro atoms. The molecule has 0 unspecified atom stereocenters. The lowest BCUT2D eigenvalue weighted by Crippen LogP contribution is -2.20. The van der Waals surface area contributed by atoms with Gasteiger partial charge in [-0.2, -0.15) is 0 Å². The second-order valence-electron chi connectivity index (χ2n) is 5.44. The average molecular weight is 363 g/mol. The van der Waals surface area contributed by atoms with Gasteiger partial charge in [-0.15, -0.1) is 12.4 Å². The third-order valence-electron chi connectivity index (χ3n) is 3.88. The number of aliphatic imine (C=N–C) groups is 1. The number of halogens is 1. The maximum Gasteiger partial charge on any atom is 0.132 e. The molecule has 0 fully saturated rings. The first-order valence-electron chi connectivity index (χ1n) is 8.00. The summed E-state index contributed by atoms with van der Waals surface area (Å²) in [6, 6.07) is 14.2. The number of hydrogen-bond donors (Lipinski definition) is 1. The van der Waals surface area contributed by atoms with Crippen LogP contribution in [0.4, 0.5) is 0 Å². The van der Waals surface area contributed by atoms with Gasteiger partial charge in [0.25, 0.3) is 0 Å². The summed E-state index contributed by atoms with van der Waals surface area (Å²) in [6.45, 7) is 2.72. The van der Waals surface area contributed by atoms with Gasteiger partial charge in [0.1, 0.15) is 23.9 Å². The van der Waals surface area contributed by atoms with Gasteiger partial charge in [-0.3, -0.25) is 4.99 Å². The monoisotopic (exact) mass is 362 g/mol. The predicted octanol–water partition coefficient (Wildman–Crippen LogP) is 3.16. The fraction of sp³-hybridized carbons (Fsp3) is 0.316.